The van der Waals surface area contributed by atoms with Crippen LogP contribution in [0.4, 0.5) is 0 Å². The van der Waals surface area contributed by atoms with E-state index in [1.165, 1.54) is 10.5 Å². The Hall–Kier alpha value is -0.670. The largest absolute Gasteiger partial charge is 0.497 e. The first kappa shape index (κ1) is 9.87. The number of aliphatic hydroxyl groups is 1. The highest BCUT2D eigenvalue weighted by Crippen LogP contribution is 2.39. The van der Waals surface area contributed by atoms with Crippen molar-refractivity contribution >= 4 is 11.8 Å². The van der Waals surface area contributed by atoms with Crippen molar-refractivity contribution < 1.29 is 9.84 Å². The second-order valence-corrected chi connectivity index (χ2v) is 4.86. The molecule has 1 aliphatic heterocycles. The molecule has 0 aromatic heterocycles. The normalized spacial score (nSPS) is 21.8. The summed E-state index contributed by atoms with van der Waals surface area (Å²) in [4.78, 5) is 1.27. The minimum absolute atomic E-state index is 0.251. The Morgan fingerprint density at radius 1 is 1.57 bits per heavy atom. The van der Waals surface area contributed by atoms with Crippen molar-refractivity contribution in [1.82, 2.24) is 0 Å². The third-order valence-corrected chi connectivity index (χ3v) is 4.02. The van der Waals surface area contributed by atoms with Crippen LogP contribution in [0, 0.1) is 0 Å². The highest BCUT2D eigenvalue weighted by Gasteiger charge is 2.25. The second-order valence-electron chi connectivity index (χ2n) is 3.57. The number of hydrogen-bond acceptors (Lipinski definition) is 3. The average Bonchev–Trinajstić information content (AvgIpc) is 2.59. The Kier molecular flexibility index (Phi) is 2.70. The van der Waals surface area contributed by atoms with Crippen molar-refractivity contribution in [2.45, 2.75) is 29.6 Å². The number of benzene rings is 1. The maximum atomic E-state index is 9.50. The summed E-state index contributed by atoms with van der Waals surface area (Å²) < 4.78 is 5.16. The van der Waals surface area contributed by atoms with Gasteiger partial charge in [0, 0.05) is 10.1 Å². The van der Waals surface area contributed by atoms with E-state index >= 15 is 0 Å². The zero-order valence-electron chi connectivity index (χ0n) is 8.36. The predicted molar refractivity (Wildman–Crippen MR) is 58.0 cm³/mol. The van der Waals surface area contributed by atoms with Gasteiger partial charge in [0.05, 0.1) is 13.2 Å². The smallest absolute Gasteiger partial charge is 0.119 e. The first-order valence-corrected chi connectivity index (χ1v) is 5.60. The molecule has 1 heterocycles. The fraction of sp³-hybridized carbons (Fsp3) is 0.455. The Balaban J connectivity index is 2.22. The third kappa shape index (κ3) is 1.74. The summed E-state index contributed by atoms with van der Waals surface area (Å²) in [5, 5.41) is 9.80. The van der Waals surface area contributed by atoms with Crippen LogP contribution in [-0.4, -0.2) is 23.6 Å². The number of methoxy groups -OCH3 is 1. The lowest BCUT2D eigenvalue weighted by Crippen LogP contribution is -2.17. The van der Waals surface area contributed by atoms with E-state index in [2.05, 4.69) is 12.1 Å². The summed E-state index contributed by atoms with van der Waals surface area (Å²) in [7, 11) is 1.68. The summed E-state index contributed by atoms with van der Waals surface area (Å²) >= 11 is 1.76. The Morgan fingerprint density at radius 2 is 2.36 bits per heavy atom. The standard InChI is InChI=1S/C11H14O2S/c1-7(12)11-6-8-5-9(13-2)3-4-10(8)14-11/h3-5,7,11-12H,6H2,1-2H3. The first-order chi connectivity index (χ1) is 6.70. The van der Waals surface area contributed by atoms with E-state index in [9.17, 15) is 5.11 Å². The van der Waals surface area contributed by atoms with Gasteiger partial charge in [0.1, 0.15) is 5.75 Å². The number of thioether (sulfide) groups is 1. The molecule has 0 bridgehead atoms. The molecule has 0 saturated carbocycles. The van der Waals surface area contributed by atoms with Gasteiger partial charge in [0.15, 0.2) is 0 Å². The number of fused-ring (bicyclic) bond motifs is 1. The molecule has 2 rings (SSSR count). The van der Waals surface area contributed by atoms with E-state index in [4.69, 9.17) is 4.74 Å². The fourth-order valence-electron chi connectivity index (χ4n) is 1.65. The molecule has 0 radical (unpaired) electrons. The van der Waals surface area contributed by atoms with Crippen LogP contribution in [0.15, 0.2) is 23.1 Å². The lowest BCUT2D eigenvalue weighted by molar-refractivity contribution is 0.192. The lowest BCUT2D eigenvalue weighted by Gasteiger charge is -2.10. The molecule has 0 fully saturated rings. The van der Waals surface area contributed by atoms with Gasteiger partial charge in [0.25, 0.3) is 0 Å². The van der Waals surface area contributed by atoms with E-state index in [-0.39, 0.29) is 6.10 Å². The van der Waals surface area contributed by atoms with E-state index in [1.54, 1.807) is 18.9 Å². The highest BCUT2D eigenvalue weighted by atomic mass is 32.2. The Bertz CT molecular complexity index is 336. The van der Waals surface area contributed by atoms with Gasteiger partial charge in [-0.15, -0.1) is 11.8 Å². The van der Waals surface area contributed by atoms with Gasteiger partial charge in [-0.25, -0.2) is 0 Å². The summed E-state index contributed by atoms with van der Waals surface area (Å²) in [6.45, 7) is 1.85. The number of hydrogen-bond donors (Lipinski definition) is 1. The van der Waals surface area contributed by atoms with Gasteiger partial charge in [-0.1, -0.05) is 0 Å². The van der Waals surface area contributed by atoms with Crippen molar-refractivity contribution in [2.75, 3.05) is 7.11 Å². The van der Waals surface area contributed by atoms with Gasteiger partial charge in [-0.05, 0) is 37.1 Å². The van der Waals surface area contributed by atoms with Crippen molar-refractivity contribution in [3.05, 3.63) is 23.8 Å². The number of rotatable bonds is 2. The summed E-state index contributed by atoms with van der Waals surface area (Å²) in [6.07, 6.45) is 0.688. The molecule has 0 spiro atoms. The van der Waals surface area contributed by atoms with Gasteiger partial charge in [-0.2, -0.15) is 0 Å². The molecular weight excluding hydrogens is 196 g/mol. The van der Waals surface area contributed by atoms with Crippen molar-refractivity contribution in [2.24, 2.45) is 0 Å². The maximum absolute atomic E-state index is 9.50. The molecule has 0 amide bonds. The fourth-order valence-corrected chi connectivity index (χ4v) is 2.87. The van der Waals surface area contributed by atoms with Crippen LogP contribution in [0.3, 0.4) is 0 Å². The topological polar surface area (TPSA) is 29.5 Å². The Morgan fingerprint density at radius 3 is 3.00 bits per heavy atom. The molecule has 3 heteroatoms. The van der Waals surface area contributed by atoms with Crippen LogP contribution in [0.25, 0.3) is 0 Å². The minimum Gasteiger partial charge on any atom is -0.497 e. The predicted octanol–water partition coefficient (Wildman–Crippen LogP) is 2.09. The molecule has 76 valence electrons. The first-order valence-electron chi connectivity index (χ1n) is 4.72. The average molecular weight is 210 g/mol. The van der Waals surface area contributed by atoms with Crippen LogP contribution < -0.4 is 4.74 Å². The zero-order chi connectivity index (χ0) is 10.1. The van der Waals surface area contributed by atoms with E-state index in [0.29, 0.717) is 5.25 Å². The van der Waals surface area contributed by atoms with Gasteiger partial charge < -0.3 is 9.84 Å². The molecule has 0 aliphatic carbocycles. The molecular formula is C11H14O2S. The number of aliphatic hydroxyl groups excluding tert-OH is 1. The second kappa shape index (κ2) is 3.83. The monoisotopic (exact) mass is 210 g/mol. The van der Waals surface area contributed by atoms with Crippen LogP contribution in [-0.2, 0) is 6.42 Å². The van der Waals surface area contributed by atoms with Gasteiger partial charge in [-0.3, -0.25) is 0 Å². The van der Waals surface area contributed by atoms with Crippen LogP contribution in [0.1, 0.15) is 12.5 Å². The molecule has 1 aliphatic rings. The summed E-state index contributed by atoms with van der Waals surface area (Å²) in [6, 6.07) is 6.10. The van der Waals surface area contributed by atoms with E-state index < -0.39 is 0 Å². The molecule has 14 heavy (non-hydrogen) atoms. The van der Waals surface area contributed by atoms with Crippen LogP contribution in [0.5, 0.6) is 5.75 Å². The van der Waals surface area contributed by atoms with E-state index in [0.717, 1.165) is 12.2 Å². The van der Waals surface area contributed by atoms with Crippen LogP contribution in [0.2, 0.25) is 0 Å². The Labute approximate surface area is 88.3 Å². The van der Waals surface area contributed by atoms with Crippen molar-refractivity contribution in [1.29, 1.82) is 0 Å². The molecule has 2 atom stereocenters. The summed E-state index contributed by atoms with van der Waals surface area (Å²) in [5.74, 6) is 0.899. The zero-order valence-corrected chi connectivity index (χ0v) is 9.17. The molecule has 0 saturated heterocycles. The van der Waals surface area contributed by atoms with Crippen molar-refractivity contribution in [3.8, 4) is 5.75 Å². The van der Waals surface area contributed by atoms with Crippen molar-refractivity contribution in [3.63, 3.8) is 0 Å². The molecule has 2 unspecified atom stereocenters. The summed E-state index contributed by atoms with van der Waals surface area (Å²) in [5.41, 5.74) is 1.29. The van der Waals surface area contributed by atoms with Crippen LogP contribution >= 0.6 is 11.8 Å². The van der Waals surface area contributed by atoms with E-state index in [1.807, 2.05) is 13.0 Å². The highest BCUT2D eigenvalue weighted by molar-refractivity contribution is 8.00. The number of ether oxygens (including phenoxy) is 1. The van der Waals surface area contributed by atoms with Gasteiger partial charge in [0.2, 0.25) is 0 Å². The quantitative estimate of drug-likeness (QED) is 0.810. The SMILES string of the molecule is COc1ccc2c(c1)CC(C(C)O)S2. The lowest BCUT2D eigenvalue weighted by atomic mass is 10.1. The van der Waals surface area contributed by atoms with Gasteiger partial charge >= 0.3 is 0 Å². The third-order valence-electron chi connectivity index (χ3n) is 2.51. The minimum atomic E-state index is -0.251. The maximum Gasteiger partial charge on any atom is 0.119 e. The molecule has 1 N–H and O–H groups in total. The molecule has 2 nitrogen and oxygen atoms in total. The molecule has 1 aromatic carbocycles. The molecule has 1 aromatic rings.